The van der Waals surface area contributed by atoms with Crippen LogP contribution < -0.4 is 0 Å². The van der Waals surface area contributed by atoms with Gasteiger partial charge in [-0.1, -0.05) is 22.0 Å². The Bertz CT molecular complexity index is 206. The minimum atomic E-state index is 0.623. The monoisotopic (exact) mass is 240 g/mol. The molecule has 72 valence electrons. The van der Waals surface area contributed by atoms with E-state index in [-0.39, 0.29) is 0 Å². The fraction of sp³-hybridized carbons (Fsp3) is 0.833. The van der Waals surface area contributed by atoms with Crippen LogP contribution in [0.1, 0.15) is 38.5 Å². The van der Waals surface area contributed by atoms with Gasteiger partial charge in [0.25, 0.3) is 0 Å². The van der Waals surface area contributed by atoms with Crippen molar-refractivity contribution < 1.29 is 0 Å². The summed E-state index contributed by atoms with van der Waals surface area (Å²) in [5.74, 6) is 3.24. The van der Waals surface area contributed by atoms with Crippen molar-refractivity contribution in [3.05, 3.63) is 11.1 Å². The molecule has 4 rings (SSSR count). The van der Waals surface area contributed by atoms with E-state index in [9.17, 15) is 0 Å². The molecule has 4 fully saturated rings. The second-order valence-electron chi connectivity index (χ2n) is 5.57. The SMILES string of the molecule is Br/C=C/C12CC3CC(CC(C3)C1)C2. The molecule has 0 N–H and O–H groups in total. The van der Waals surface area contributed by atoms with Crippen LogP contribution in [-0.4, -0.2) is 0 Å². The fourth-order valence-electron chi connectivity index (χ4n) is 4.52. The van der Waals surface area contributed by atoms with Crippen LogP contribution >= 0.6 is 15.9 Å². The Morgan fingerprint density at radius 1 is 0.923 bits per heavy atom. The molecule has 0 amide bonds. The smallest absolute Gasteiger partial charge is 0.0102 e. The van der Waals surface area contributed by atoms with Gasteiger partial charge in [-0.2, -0.15) is 0 Å². The molecule has 4 aliphatic rings. The molecule has 4 saturated carbocycles. The first-order valence-corrected chi connectivity index (χ1v) is 6.49. The highest BCUT2D eigenvalue weighted by molar-refractivity contribution is 9.11. The lowest BCUT2D eigenvalue weighted by Gasteiger charge is -2.55. The average Bonchev–Trinajstić information content (AvgIpc) is 2.00. The van der Waals surface area contributed by atoms with Gasteiger partial charge in [0, 0.05) is 0 Å². The molecule has 4 aliphatic carbocycles. The van der Waals surface area contributed by atoms with Crippen molar-refractivity contribution in [2.24, 2.45) is 23.2 Å². The van der Waals surface area contributed by atoms with Gasteiger partial charge in [-0.05, 0) is 66.7 Å². The van der Waals surface area contributed by atoms with Crippen LogP contribution in [0.4, 0.5) is 0 Å². The summed E-state index contributed by atoms with van der Waals surface area (Å²) in [5.41, 5.74) is 0.623. The van der Waals surface area contributed by atoms with E-state index < -0.39 is 0 Å². The van der Waals surface area contributed by atoms with Crippen molar-refractivity contribution in [2.45, 2.75) is 38.5 Å². The molecule has 0 saturated heterocycles. The molecule has 13 heavy (non-hydrogen) atoms. The summed E-state index contributed by atoms with van der Waals surface area (Å²) in [6.45, 7) is 0. The van der Waals surface area contributed by atoms with E-state index in [1.165, 1.54) is 19.3 Å². The lowest BCUT2D eigenvalue weighted by molar-refractivity contribution is -0.0236. The molecule has 0 aliphatic heterocycles. The molecule has 0 spiro atoms. The van der Waals surface area contributed by atoms with Gasteiger partial charge in [-0.15, -0.1) is 0 Å². The number of allylic oxidation sites excluding steroid dienone is 1. The Morgan fingerprint density at radius 2 is 1.38 bits per heavy atom. The molecule has 0 atom stereocenters. The van der Waals surface area contributed by atoms with Gasteiger partial charge < -0.3 is 0 Å². The highest BCUT2D eigenvalue weighted by atomic mass is 79.9. The van der Waals surface area contributed by atoms with Crippen molar-refractivity contribution in [3.8, 4) is 0 Å². The third kappa shape index (κ3) is 1.31. The largest absolute Gasteiger partial charge is 0.0713 e. The maximum Gasteiger partial charge on any atom is -0.0102 e. The van der Waals surface area contributed by atoms with Crippen molar-refractivity contribution in [2.75, 3.05) is 0 Å². The van der Waals surface area contributed by atoms with Crippen LogP contribution in [0.5, 0.6) is 0 Å². The lowest BCUT2D eigenvalue weighted by Crippen LogP contribution is -2.44. The average molecular weight is 241 g/mol. The van der Waals surface area contributed by atoms with E-state index in [1.54, 1.807) is 19.3 Å². The van der Waals surface area contributed by atoms with E-state index in [1.807, 2.05) is 0 Å². The quantitative estimate of drug-likeness (QED) is 0.648. The van der Waals surface area contributed by atoms with Gasteiger partial charge in [-0.25, -0.2) is 0 Å². The van der Waals surface area contributed by atoms with Gasteiger partial charge in [0.2, 0.25) is 0 Å². The summed E-state index contributed by atoms with van der Waals surface area (Å²) in [4.78, 5) is 2.11. The molecule has 0 heterocycles. The lowest BCUT2D eigenvalue weighted by atomic mass is 9.50. The Labute approximate surface area is 88.9 Å². The Hall–Kier alpha value is 0.220. The molecule has 4 bridgehead atoms. The van der Waals surface area contributed by atoms with Gasteiger partial charge in [0.1, 0.15) is 0 Å². The summed E-state index contributed by atoms with van der Waals surface area (Å²) in [6.07, 6.45) is 11.6. The molecule has 0 radical (unpaired) electrons. The summed E-state index contributed by atoms with van der Waals surface area (Å²) in [5, 5.41) is 0. The zero-order valence-corrected chi connectivity index (χ0v) is 9.59. The van der Waals surface area contributed by atoms with E-state index in [2.05, 4.69) is 27.0 Å². The second-order valence-corrected chi connectivity index (χ2v) is 6.10. The summed E-state index contributed by atoms with van der Waals surface area (Å²) < 4.78 is 0. The summed E-state index contributed by atoms with van der Waals surface area (Å²) >= 11 is 3.46. The van der Waals surface area contributed by atoms with Crippen LogP contribution in [0.3, 0.4) is 0 Å². The number of hydrogen-bond donors (Lipinski definition) is 0. The highest BCUT2D eigenvalue weighted by Crippen LogP contribution is 2.60. The zero-order valence-electron chi connectivity index (χ0n) is 8.01. The molecule has 0 nitrogen and oxygen atoms in total. The Morgan fingerprint density at radius 3 is 1.77 bits per heavy atom. The molecular weight excluding hydrogens is 224 g/mol. The van der Waals surface area contributed by atoms with Gasteiger partial charge in [0.15, 0.2) is 0 Å². The van der Waals surface area contributed by atoms with Crippen LogP contribution in [-0.2, 0) is 0 Å². The Kier molecular flexibility index (Phi) is 1.87. The van der Waals surface area contributed by atoms with Crippen molar-refractivity contribution in [1.29, 1.82) is 0 Å². The maximum atomic E-state index is 3.46. The van der Waals surface area contributed by atoms with Gasteiger partial charge in [0.05, 0.1) is 0 Å². The number of rotatable bonds is 1. The minimum Gasteiger partial charge on any atom is -0.0713 e. The first-order valence-electron chi connectivity index (χ1n) is 5.58. The topological polar surface area (TPSA) is 0 Å². The van der Waals surface area contributed by atoms with Crippen molar-refractivity contribution in [1.82, 2.24) is 0 Å². The van der Waals surface area contributed by atoms with Crippen molar-refractivity contribution in [3.63, 3.8) is 0 Å². The van der Waals surface area contributed by atoms with Crippen molar-refractivity contribution >= 4 is 15.9 Å². The number of hydrogen-bond acceptors (Lipinski definition) is 0. The number of halogens is 1. The van der Waals surface area contributed by atoms with E-state index in [0.717, 1.165) is 17.8 Å². The van der Waals surface area contributed by atoms with Crippen LogP contribution in [0.25, 0.3) is 0 Å². The third-order valence-electron chi connectivity index (χ3n) is 4.50. The van der Waals surface area contributed by atoms with Gasteiger partial charge in [-0.3, -0.25) is 0 Å². The van der Waals surface area contributed by atoms with Crippen LogP contribution in [0, 0.1) is 23.2 Å². The molecule has 0 aromatic carbocycles. The van der Waals surface area contributed by atoms with Gasteiger partial charge >= 0.3 is 0 Å². The van der Waals surface area contributed by atoms with E-state index >= 15 is 0 Å². The molecular formula is C12H17Br. The standard InChI is InChI=1S/C12H17Br/c13-2-1-12-6-9-3-10(7-12)5-11(4-9)8-12/h1-2,9-11H,3-8H2/b2-1+. The molecule has 0 unspecified atom stereocenters. The third-order valence-corrected chi connectivity index (χ3v) is 4.77. The molecule has 0 aromatic heterocycles. The Balaban J connectivity index is 1.91. The summed E-state index contributed by atoms with van der Waals surface area (Å²) in [7, 11) is 0. The maximum absolute atomic E-state index is 3.46. The zero-order chi connectivity index (χ0) is 8.89. The molecule has 1 heteroatoms. The van der Waals surface area contributed by atoms with Crippen LogP contribution in [0.15, 0.2) is 11.1 Å². The second kappa shape index (κ2) is 2.85. The highest BCUT2D eigenvalue weighted by Gasteiger charge is 2.49. The predicted molar refractivity (Wildman–Crippen MR) is 58.7 cm³/mol. The van der Waals surface area contributed by atoms with E-state index in [0.29, 0.717) is 5.41 Å². The predicted octanol–water partition coefficient (Wildman–Crippen LogP) is 4.11. The minimum absolute atomic E-state index is 0.623. The fourth-order valence-corrected chi connectivity index (χ4v) is 5.08. The van der Waals surface area contributed by atoms with Crippen LogP contribution in [0.2, 0.25) is 0 Å². The van der Waals surface area contributed by atoms with E-state index in [4.69, 9.17) is 0 Å². The first kappa shape index (κ1) is 8.52. The summed E-state index contributed by atoms with van der Waals surface area (Å²) in [6, 6.07) is 0. The first-order chi connectivity index (χ1) is 6.30. The molecule has 0 aromatic rings. The normalized spacial score (nSPS) is 53.5.